The summed E-state index contributed by atoms with van der Waals surface area (Å²) in [5, 5.41) is 16.3. The Morgan fingerprint density at radius 3 is 2.87 bits per heavy atom. The topological polar surface area (TPSA) is 117 Å². The number of anilines is 1. The van der Waals surface area contributed by atoms with Crippen LogP contribution in [0.25, 0.3) is 11.4 Å². The highest BCUT2D eigenvalue weighted by molar-refractivity contribution is 7.99. The average Bonchev–Trinajstić information content (AvgIpc) is 3.43. The van der Waals surface area contributed by atoms with E-state index in [-0.39, 0.29) is 11.7 Å². The van der Waals surface area contributed by atoms with Crippen molar-refractivity contribution in [3.63, 3.8) is 0 Å². The van der Waals surface area contributed by atoms with Crippen LogP contribution in [0.2, 0.25) is 5.02 Å². The molecule has 9 nitrogen and oxygen atoms in total. The highest BCUT2D eigenvalue weighted by Gasteiger charge is 2.17. The van der Waals surface area contributed by atoms with Gasteiger partial charge in [0.15, 0.2) is 5.82 Å². The number of aromatic nitrogens is 5. The molecule has 11 heteroatoms. The molecule has 0 saturated heterocycles. The fourth-order valence-electron chi connectivity index (χ4n) is 2.84. The maximum absolute atomic E-state index is 12.4. The minimum atomic E-state index is -0.218. The van der Waals surface area contributed by atoms with E-state index in [2.05, 4.69) is 20.6 Å². The molecular weight excluding hydrogens is 426 g/mol. The van der Waals surface area contributed by atoms with Gasteiger partial charge in [-0.2, -0.15) is 5.10 Å². The van der Waals surface area contributed by atoms with Crippen LogP contribution < -0.4 is 11.2 Å². The second-order valence-electron chi connectivity index (χ2n) is 6.37. The minimum Gasteiger partial charge on any atom is -0.469 e. The molecule has 0 aliphatic rings. The van der Waals surface area contributed by atoms with E-state index in [0.29, 0.717) is 34.1 Å². The number of hydrogen-bond acceptors (Lipinski definition) is 7. The largest absolute Gasteiger partial charge is 0.469 e. The summed E-state index contributed by atoms with van der Waals surface area (Å²) < 4.78 is 8.30. The molecule has 30 heavy (non-hydrogen) atoms. The maximum Gasteiger partial charge on any atom is 0.235 e. The zero-order valence-electron chi connectivity index (χ0n) is 15.9. The molecular formula is C19H18ClN7O2S. The molecule has 1 aromatic carbocycles. The number of amides is 1. The first-order valence-electron chi connectivity index (χ1n) is 8.95. The number of hydrogen-bond donors (Lipinski definition) is 2. The van der Waals surface area contributed by atoms with E-state index in [0.717, 1.165) is 11.1 Å². The molecule has 154 valence electrons. The number of halogens is 1. The van der Waals surface area contributed by atoms with Gasteiger partial charge in [-0.3, -0.25) is 4.79 Å². The van der Waals surface area contributed by atoms with Crippen LogP contribution in [0, 0.1) is 6.92 Å². The number of carbonyl (C=O) groups is 1. The zero-order chi connectivity index (χ0) is 21.1. The molecule has 0 radical (unpaired) electrons. The van der Waals surface area contributed by atoms with E-state index in [1.54, 1.807) is 29.3 Å². The zero-order valence-corrected chi connectivity index (χ0v) is 17.5. The molecule has 0 unspecified atom stereocenters. The number of furan rings is 1. The van der Waals surface area contributed by atoms with Crippen molar-refractivity contribution in [3.05, 3.63) is 65.2 Å². The summed E-state index contributed by atoms with van der Waals surface area (Å²) in [5.74, 6) is 7.71. The molecule has 0 fully saturated rings. The Bertz CT molecular complexity index is 1180. The Morgan fingerprint density at radius 1 is 1.27 bits per heavy atom. The Labute approximate surface area is 181 Å². The van der Waals surface area contributed by atoms with Gasteiger partial charge in [0.25, 0.3) is 0 Å². The van der Waals surface area contributed by atoms with Gasteiger partial charge in [0, 0.05) is 11.1 Å². The van der Waals surface area contributed by atoms with Crippen LogP contribution in [0.1, 0.15) is 11.3 Å². The van der Waals surface area contributed by atoms with Crippen LogP contribution in [0.4, 0.5) is 5.82 Å². The van der Waals surface area contributed by atoms with Gasteiger partial charge in [0.2, 0.25) is 11.1 Å². The summed E-state index contributed by atoms with van der Waals surface area (Å²) in [5.41, 5.74) is 1.66. The van der Waals surface area contributed by atoms with E-state index < -0.39 is 0 Å². The normalized spacial score (nSPS) is 11.0. The summed E-state index contributed by atoms with van der Waals surface area (Å²) in [6, 6.07) is 11.0. The van der Waals surface area contributed by atoms with Crippen molar-refractivity contribution in [2.24, 2.45) is 0 Å². The molecule has 3 heterocycles. The van der Waals surface area contributed by atoms with Gasteiger partial charge >= 0.3 is 0 Å². The van der Waals surface area contributed by atoms with Crippen LogP contribution >= 0.6 is 23.4 Å². The number of nitrogens with zero attached hydrogens (tertiary/aromatic N) is 5. The first kappa shape index (κ1) is 20.0. The highest BCUT2D eigenvalue weighted by atomic mass is 35.5. The van der Waals surface area contributed by atoms with Gasteiger partial charge in [-0.25, -0.2) is 9.36 Å². The number of nitrogens with one attached hydrogen (secondary N) is 1. The van der Waals surface area contributed by atoms with E-state index in [9.17, 15) is 4.79 Å². The van der Waals surface area contributed by atoms with Gasteiger partial charge in [0.05, 0.1) is 30.3 Å². The summed E-state index contributed by atoms with van der Waals surface area (Å²) in [7, 11) is 0. The van der Waals surface area contributed by atoms with Crippen LogP contribution in [0.5, 0.6) is 0 Å². The van der Waals surface area contributed by atoms with E-state index in [1.807, 2.05) is 31.2 Å². The quantitative estimate of drug-likeness (QED) is 0.332. The number of benzene rings is 1. The summed E-state index contributed by atoms with van der Waals surface area (Å²) in [6.45, 7) is 2.26. The molecule has 4 rings (SSSR count). The Hall–Kier alpha value is -3.24. The lowest BCUT2D eigenvalue weighted by Crippen LogP contribution is -2.19. The predicted octanol–water partition coefficient (Wildman–Crippen LogP) is 3.19. The lowest BCUT2D eigenvalue weighted by Gasteiger charge is -2.10. The van der Waals surface area contributed by atoms with Crippen LogP contribution in [-0.2, 0) is 11.3 Å². The summed E-state index contributed by atoms with van der Waals surface area (Å²) in [6.07, 6.45) is 3.18. The maximum atomic E-state index is 12.4. The fraction of sp³-hybridized carbons (Fsp3) is 0.158. The van der Waals surface area contributed by atoms with Crippen molar-refractivity contribution in [2.75, 3.05) is 16.9 Å². The second-order valence-corrected chi connectivity index (χ2v) is 7.72. The molecule has 0 atom stereocenters. The van der Waals surface area contributed by atoms with Crippen LogP contribution in [0.3, 0.4) is 0 Å². The Balaban J connectivity index is 1.39. The third-order valence-electron chi connectivity index (χ3n) is 4.36. The number of nitrogen functional groups attached to an aromatic ring is 1. The molecule has 0 aliphatic heterocycles. The van der Waals surface area contributed by atoms with Gasteiger partial charge in [-0.05, 0) is 24.6 Å². The molecule has 4 aromatic rings. The van der Waals surface area contributed by atoms with Gasteiger partial charge in [-0.1, -0.05) is 41.6 Å². The average molecular weight is 444 g/mol. The fourth-order valence-corrected chi connectivity index (χ4v) is 3.69. The number of aryl methyl sites for hydroxylation is 1. The number of nitrogens with two attached hydrogens (primary N) is 1. The molecule has 3 aromatic heterocycles. The Morgan fingerprint density at radius 2 is 2.10 bits per heavy atom. The van der Waals surface area contributed by atoms with Crippen molar-refractivity contribution < 1.29 is 9.21 Å². The van der Waals surface area contributed by atoms with Crippen LogP contribution in [-0.4, -0.2) is 36.3 Å². The highest BCUT2D eigenvalue weighted by Crippen LogP contribution is 2.25. The monoisotopic (exact) mass is 443 g/mol. The Kier molecular flexibility index (Phi) is 5.77. The standard InChI is InChI=1S/C19H18ClN7O2S/c1-12-14(7-9-29-12)18-24-25-19(27(18)21)30-11-17(28)23-16-6-8-22-26(16)10-13-4-2-3-5-15(13)20/h2-9H,10-11,21H2,1H3,(H,23,28). The third kappa shape index (κ3) is 4.19. The van der Waals surface area contributed by atoms with Gasteiger partial charge in [-0.15, -0.1) is 10.2 Å². The van der Waals surface area contributed by atoms with E-state index in [1.165, 1.54) is 16.4 Å². The minimum absolute atomic E-state index is 0.108. The second kappa shape index (κ2) is 8.64. The SMILES string of the molecule is Cc1occc1-c1nnc(SCC(=O)Nc2ccnn2Cc2ccccc2Cl)n1N. The van der Waals surface area contributed by atoms with Crippen molar-refractivity contribution in [1.82, 2.24) is 24.7 Å². The lowest BCUT2D eigenvalue weighted by molar-refractivity contribution is -0.113. The number of carbonyl (C=O) groups excluding carboxylic acids is 1. The third-order valence-corrected chi connectivity index (χ3v) is 5.67. The van der Waals surface area contributed by atoms with E-state index >= 15 is 0 Å². The van der Waals surface area contributed by atoms with Crippen molar-refractivity contribution in [2.45, 2.75) is 18.6 Å². The van der Waals surface area contributed by atoms with Crippen molar-refractivity contribution >= 4 is 35.1 Å². The van der Waals surface area contributed by atoms with E-state index in [4.69, 9.17) is 21.9 Å². The molecule has 0 bridgehead atoms. The number of thioether (sulfide) groups is 1. The molecule has 0 saturated carbocycles. The first-order valence-corrected chi connectivity index (χ1v) is 10.3. The van der Waals surface area contributed by atoms with Crippen LogP contribution in [0.15, 0.2) is 58.4 Å². The summed E-state index contributed by atoms with van der Waals surface area (Å²) in [4.78, 5) is 12.4. The molecule has 0 aliphatic carbocycles. The van der Waals surface area contributed by atoms with Crippen molar-refractivity contribution in [3.8, 4) is 11.4 Å². The number of rotatable bonds is 7. The predicted molar refractivity (Wildman–Crippen MR) is 115 cm³/mol. The van der Waals surface area contributed by atoms with Gasteiger partial charge < -0.3 is 15.6 Å². The van der Waals surface area contributed by atoms with Gasteiger partial charge in [0.1, 0.15) is 11.6 Å². The molecule has 0 spiro atoms. The molecule has 1 amide bonds. The van der Waals surface area contributed by atoms with Crippen molar-refractivity contribution in [1.29, 1.82) is 0 Å². The molecule has 3 N–H and O–H groups in total. The lowest BCUT2D eigenvalue weighted by atomic mass is 10.2. The first-order chi connectivity index (χ1) is 14.5. The summed E-state index contributed by atoms with van der Waals surface area (Å²) >= 11 is 7.40. The smallest absolute Gasteiger partial charge is 0.235 e.